The van der Waals surface area contributed by atoms with Gasteiger partial charge in [0.15, 0.2) is 5.84 Å². The van der Waals surface area contributed by atoms with Crippen molar-refractivity contribution in [1.82, 2.24) is 9.78 Å². The maximum absolute atomic E-state index is 8.59. The van der Waals surface area contributed by atoms with E-state index in [2.05, 4.69) is 10.3 Å². The van der Waals surface area contributed by atoms with Gasteiger partial charge < -0.3 is 15.7 Å². The molecule has 1 aromatic heterocycles. The van der Waals surface area contributed by atoms with Crippen molar-refractivity contribution >= 4 is 5.84 Å². The first kappa shape index (κ1) is 13.9. The van der Waals surface area contributed by atoms with E-state index in [0.29, 0.717) is 12.2 Å². The predicted molar refractivity (Wildman–Crippen MR) is 75.9 cm³/mol. The number of nitrogens with two attached hydrogens (primary N) is 1. The molecular weight excluding hydrogens is 256 g/mol. The lowest BCUT2D eigenvalue weighted by atomic mass is 10.2. The second-order valence-corrected chi connectivity index (χ2v) is 4.39. The van der Waals surface area contributed by atoms with Crippen molar-refractivity contribution in [3.05, 3.63) is 47.3 Å². The number of amidine groups is 1. The summed E-state index contributed by atoms with van der Waals surface area (Å²) in [5.41, 5.74) is 8.16. The van der Waals surface area contributed by atoms with Crippen LogP contribution in [0.4, 0.5) is 0 Å². The van der Waals surface area contributed by atoms with Gasteiger partial charge in [-0.2, -0.15) is 5.10 Å². The first-order valence-corrected chi connectivity index (χ1v) is 6.38. The van der Waals surface area contributed by atoms with Gasteiger partial charge in [0.2, 0.25) is 0 Å². The molecule has 0 saturated carbocycles. The summed E-state index contributed by atoms with van der Waals surface area (Å²) in [7, 11) is 0. The van der Waals surface area contributed by atoms with E-state index < -0.39 is 0 Å². The minimum Gasteiger partial charge on any atom is -0.487 e. The Morgan fingerprint density at radius 1 is 1.40 bits per heavy atom. The van der Waals surface area contributed by atoms with Crippen molar-refractivity contribution in [3.63, 3.8) is 0 Å². The summed E-state index contributed by atoms with van der Waals surface area (Å²) < 4.78 is 7.63. The third kappa shape index (κ3) is 3.09. The Balaban J connectivity index is 2.04. The summed E-state index contributed by atoms with van der Waals surface area (Å²) in [5.74, 6) is 0.803. The fourth-order valence-electron chi connectivity index (χ4n) is 1.93. The molecule has 0 fully saturated rings. The Kier molecular flexibility index (Phi) is 4.24. The molecule has 0 amide bonds. The van der Waals surface area contributed by atoms with Gasteiger partial charge in [0.25, 0.3) is 0 Å². The summed E-state index contributed by atoms with van der Waals surface area (Å²) in [5, 5.41) is 15.9. The topological polar surface area (TPSA) is 85.7 Å². The molecule has 2 rings (SSSR count). The number of aryl methyl sites for hydroxylation is 2. The van der Waals surface area contributed by atoms with Crippen molar-refractivity contribution in [2.24, 2.45) is 10.9 Å². The highest BCUT2D eigenvalue weighted by Crippen LogP contribution is 2.14. The van der Waals surface area contributed by atoms with Crippen molar-refractivity contribution in [2.45, 2.75) is 27.0 Å². The number of ether oxygens (including phenoxy) is 1. The van der Waals surface area contributed by atoms with E-state index in [0.717, 1.165) is 23.7 Å². The average molecular weight is 274 g/mol. The van der Waals surface area contributed by atoms with Gasteiger partial charge in [-0.25, -0.2) is 0 Å². The highest BCUT2D eigenvalue weighted by molar-refractivity contribution is 5.97. The fourth-order valence-corrected chi connectivity index (χ4v) is 1.93. The van der Waals surface area contributed by atoms with E-state index >= 15 is 0 Å². The highest BCUT2D eigenvalue weighted by Gasteiger charge is 2.05. The second kappa shape index (κ2) is 6.10. The minimum atomic E-state index is 0.0798. The van der Waals surface area contributed by atoms with Gasteiger partial charge in [-0.1, -0.05) is 5.16 Å². The SMILES string of the molecule is CCn1nc(C)cc1COc1ccc(C(N)=NO)cc1. The van der Waals surface area contributed by atoms with E-state index in [1.54, 1.807) is 24.3 Å². The summed E-state index contributed by atoms with van der Waals surface area (Å²) >= 11 is 0. The molecule has 0 atom stereocenters. The molecule has 6 heteroatoms. The largest absolute Gasteiger partial charge is 0.487 e. The lowest BCUT2D eigenvalue weighted by Gasteiger charge is -2.08. The van der Waals surface area contributed by atoms with Crippen LogP contribution in [0.1, 0.15) is 23.9 Å². The maximum Gasteiger partial charge on any atom is 0.170 e. The number of oxime groups is 1. The first-order chi connectivity index (χ1) is 9.63. The standard InChI is InChI=1S/C14H18N4O2/c1-3-18-12(8-10(2)16-18)9-20-13-6-4-11(5-7-13)14(15)17-19/h4-8,19H,3,9H2,1-2H3,(H2,15,17). The summed E-state index contributed by atoms with van der Waals surface area (Å²) in [6.07, 6.45) is 0. The molecule has 1 aromatic carbocycles. The van der Waals surface area contributed by atoms with Crippen LogP contribution in [-0.2, 0) is 13.2 Å². The Hall–Kier alpha value is -2.50. The molecule has 2 aromatic rings. The summed E-state index contributed by atoms with van der Waals surface area (Å²) in [4.78, 5) is 0. The fraction of sp³-hybridized carbons (Fsp3) is 0.286. The van der Waals surface area contributed by atoms with Crippen LogP contribution in [0.5, 0.6) is 5.75 Å². The van der Waals surface area contributed by atoms with Crippen molar-refractivity contribution in [1.29, 1.82) is 0 Å². The molecule has 0 unspecified atom stereocenters. The molecule has 0 aliphatic heterocycles. The smallest absolute Gasteiger partial charge is 0.170 e. The number of hydrogen-bond acceptors (Lipinski definition) is 4. The Morgan fingerprint density at radius 2 is 2.10 bits per heavy atom. The van der Waals surface area contributed by atoms with Crippen LogP contribution in [0.15, 0.2) is 35.5 Å². The number of nitrogens with zero attached hydrogens (tertiary/aromatic N) is 3. The number of rotatable bonds is 5. The third-order valence-corrected chi connectivity index (χ3v) is 2.93. The van der Waals surface area contributed by atoms with Crippen LogP contribution < -0.4 is 10.5 Å². The number of hydrogen-bond donors (Lipinski definition) is 2. The molecule has 1 heterocycles. The second-order valence-electron chi connectivity index (χ2n) is 4.39. The molecule has 0 aliphatic rings. The Bertz CT molecular complexity index is 602. The zero-order valence-corrected chi connectivity index (χ0v) is 11.6. The van der Waals surface area contributed by atoms with Gasteiger partial charge >= 0.3 is 0 Å². The van der Waals surface area contributed by atoms with E-state index in [-0.39, 0.29) is 5.84 Å². The Morgan fingerprint density at radius 3 is 2.70 bits per heavy atom. The van der Waals surface area contributed by atoms with Crippen molar-refractivity contribution in [2.75, 3.05) is 0 Å². The van der Waals surface area contributed by atoms with Gasteiger partial charge in [-0.05, 0) is 44.2 Å². The molecule has 0 spiro atoms. The maximum atomic E-state index is 8.59. The number of benzene rings is 1. The third-order valence-electron chi connectivity index (χ3n) is 2.93. The average Bonchev–Trinajstić information content (AvgIpc) is 2.85. The highest BCUT2D eigenvalue weighted by atomic mass is 16.5. The van der Waals surface area contributed by atoms with Crippen LogP contribution in [0, 0.1) is 6.92 Å². The van der Waals surface area contributed by atoms with Crippen LogP contribution in [0.25, 0.3) is 0 Å². The molecule has 106 valence electrons. The molecule has 0 bridgehead atoms. The van der Waals surface area contributed by atoms with Crippen LogP contribution >= 0.6 is 0 Å². The van der Waals surface area contributed by atoms with E-state index in [4.69, 9.17) is 15.7 Å². The Labute approximate surface area is 117 Å². The predicted octanol–water partition coefficient (Wildman–Crippen LogP) is 1.88. The molecular formula is C14H18N4O2. The van der Waals surface area contributed by atoms with Crippen molar-refractivity contribution in [3.8, 4) is 5.75 Å². The van der Waals surface area contributed by atoms with E-state index in [1.165, 1.54) is 0 Å². The van der Waals surface area contributed by atoms with Gasteiger partial charge in [-0.15, -0.1) is 0 Å². The van der Waals surface area contributed by atoms with E-state index in [1.807, 2.05) is 24.6 Å². The molecule has 0 radical (unpaired) electrons. The summed E-state index contributed by atoms with van der Waals surface area (Å²) in [6.45, 7) is 5.27. The normalized spacial score (nSPS) is 11.6. The molecule has 20 heavy (non-hydrogen) atoms. The minimum absolute atomic E-state index is 0.0798. The number of aromatic nitrogens is 2. The van der Waals surface area contributed by atoms with Gasteiger partial charge in [0.05, 0.1) is 11.4 Å². The van der Waals surface area contributed by atoms with E-state index in [9.17, 15) is 0 Å². The quantitative estimate of drug-likeness (QED) is 0.377. The molecule has 0 aliphatic carbocycles. The van der Waals surface area contributed by atoms with Gasteiger partial charge in [-0.3, -0.25) is 4.68 Å². The van der Waals surface area contributed by atoms with Gasteiger partial charge in [0, 0.05) is 12.1 Å². The zero-order valence-electron chi connectivity index (χ0n) is 11.6. The van der Waals surface area contributed by atoms with Crippen LogP contribution in [0.2, 0.25) is 0 Å². The zero-order chi connectivity index (χ0) is 14.5. The molecule has 3 N–H and O–H groups in total. The molecule has 6 nitrogen and oxygen atoms in total. The summed E-state index contributed by atoms with van der Waals surface area (Å²) in [6, 6.07) is 9.06. The lowest BCUT2D eigenvalue weighted by Crippen LogP contribution is -2.12. The van der Waals surface area contributed by atoms with Crippen LogP contribution in [-0.4, -0.2) is 20.8 Å². The van der Waals surface area contributed by atoms with Gasteiger partial charge in [0.1, 0.15) is 12.4 Å². The first-order valence-electron chi connectivity index (χ1n) is 6.38. The monoisotopic (exact) mass is 274 g/mol. The lowest BCUT2D eigenvalue weighted by molar-refractivity contribution is 0.292. The van der Waals surface area contributed by atoms with Crippen molar-refractivity contribution < 1.29 is 9.94 Å². The van der Waals surface area contributed by atoms with Crippen LogP contribution in [0.3, 0.4) is 0 Å². The molecule has 0 saturated heterocycles.